The molecule has 2 heterocycles. The first-order valence-electron chi connectivity index (χ1n) is 11.7. The molecule has 0 bridgehead atoms. The van der Waals surface area contributed by atoms with Crippen LogP contribution in [0.2, 0.25) is 0 Å². The van der Waals surface area contributed by atoms with Gasteiger partial charge in [0, 0.05) is 31.5 Å². The van der Waals surface area contributed by atoms with Crippen LogP contribution in [0.15, 0.2) is 30.3 Å². The Labute approximate surface area is 218 Å². The third kappa shape index (κ3) is 5.94. The predicted octanol–water partition coefficient (Wildman–Crippen LogP) is 3.22. The highest BCUT2D eigenvalue weighted by atomic mass is 32.1. The number of hydrogen-bond donors (Lipinski definition) is 2. The van der Waals surface area contributed by atoms with Crippen molar-refractivity contribution in [2.24, 2.45) is 5.92 Å². The van der Waals surface area contributed by atoms with E-state index in [-0.39, 0.29) is 18.4 Å². The Hall–Kier alpha value is -3.58. The molecular formula is C25H23F4N3O5S. The number of para-hydroxylation sites is 1. The standard InChI is InChI=1S/C25H23F4N3O5S/c26-14-11-15(27)21(29)22(20(14)28)37-12-18(34)16(7-10-33)30-23(35)13-5-8-32(9-6-13)25(36)24-31-17-3-1-2-4-19(17)38-24/h1-4,10-11,13,16,18,34H,5-9,12H2,(H,30,35). The molecule has 0 aliphatic carbocycles. The minimum Gasteiger partial charge on any atom is -0.485 e. The molecule has 1 aromatic heterocycles. The molecule has 13 heteroatoms. The molecule has 202 valence electrons. The first kappa shape index (κ1) is 27.5. The maximum absolute atomic E-state index is 13.8. The van der Waals surface area contributed by atoms with E-state index < -0.39 is 59.6 Å². The normalized spacial score (nSPS) is 15.8. The number of rotatable bonds is 9. The minimum atomic E-state index is -1.78. The molecule has 8 nitrogen and oxygen atoms in total. The molecule has 2 unspecified atom stereocenters. The van der Waals surface area contributed by atoms with E-state index in [1.54, 1.807) is 4.90 Å². The summed E-state index contributed by atoms with van der Waals surface area (Å²) in [5.74, 6) is -9.52. The minimum absolute atomic E-state index is 0.0151. The van der Waals surface area contributed by atoms with Crippen LogP contribution in [0.4, 0.5) is 17.6 Å². The number of amides is 2. The van der Waals surface area contributed by atoms with Gasteiger partial charge in [-0.05, 0) is 25.0 Å². The quantitative estimate of drug-likeness (QED) is 0.239. The lowest BCUT2D eigenvalue weighted by Gasteiger charge is -2.32. The molecule has 1 aliphatic heterocycles. The first-order chi connectivity index (χ1) is 18.2. The first-order valence-corrected chi connectivity index (χ1v) is 12.5. The number of aliphatic hydroxyl groups is 1. The molecule has 2 amide bonds. The van der Waals surface area contributed by atoms with Gasteiger partial charge in [-0.1, -0.05) is 12.1 Å². The van der Waals surface area contributed by atoms with Gasteiger partial charge in [-0.15, -0.1) is 11.3 Å². The molecular weight excluding hydrogens is 530 g/mol. The molecule has 2 aromatic carbocycles. The molecule has 2 atom stereocenters. The van der Waals surface area contributed by atoms with Crippen LogP contribution in [0.3, 0.4) is 0 Å². The number of hydrogen-bond acceptors (Lipinski definition) is 7. The van der Waals surface area contributed by atoms with Crippen molar-refractivity contribution in [3.05, 3.63) is 58.6 Å². The van der Waals surface area contributed by atoms with Crippen molar-refractivity contribution in [1.29, 1.82) is 0 Å². The fourth-order valence-electron chi connectivity index (χ4n) is 4.12. The SMILES string of the molecule is O=CCC(NC(=O)C1CCN(C(=O)c2nc3ccccc3s2)CC1)C(O)COc1c(F)c(F)cc(F)c1F. The van der Waals surface area contributed by atoms with Gasteiger partial charge in [0.15, 0.2) is 22.4 Å². The number of nitrogens with zero attached hydrogens (tertiary/aromatic N) is 2. The van der Waals surface area contributed by atoms with Crippen molar-refractivity contribution < 1.29 is 41.8 Å². The fraction of sp³-hybridized carbons (Fsp3) is 0.360. The van der Waals surface area contributed by atoms with Crippen molar-refractivity contribution in [2.75, 3.05) is 19.7 Å². The van der Waals surface area contributed by atoms with Crippen LogP contribution in [0.5, 0.6) is 5.75 Å². The molecule has 38 heavy (non-hydrogen) atoms. The highest BCUT2D eigenvalue weighted by Gasteiger charge is 2.32. The maximum atomic E-state index is 13.8. The zero-order chi connectivity index (χ0) is 27.4. The third-order valence-electron chi connectivity index (χ3n) is 6.24. The number of ether oxygens (including phenoxy) is 1. The molecule has 4 rings (SSSR count). The summed E-state index contributed by atoms with van der Waals surface area (Å²) in [6.07, 6.45) is -0.914. The summed E-state index contributed by atoms with van der Waals surface area (Å²) in [5.41, 5.74) is 0.729. The lowest BCUT2D eigenvalue weighted by molar-refractivity contribution is -0.128. The average Bonchev–Trinajstić information content (AvgIpc) is 3.35. The summed E-state index contributed by atoms with van der Waals surface area (Å²) in [6.45, 7) is -0.272. The Morgan fingerprint density at radius 2 is 1.82 bits per heavy atom. The predicted molar refractivity (Wildman–Crippen MR) is 129 cm³/mol. The van der Waals surface area contributed by atoms with Crippen LogP contribution >= 0.6 is 11.3 Å². The maximum Gasteiger partial charge on any atom is 0.282 e. The van der Waals surface area contributed by atoms with Gasteiger partial charge in [-0.25, -0.2) is 13.8 Å². The number of aldehydes is 1. The highest BCUT2D eigenvalue weighted by molar-refractivity contribution is 7.20. The van der Waals surface area contributed by atoms with E-state index in [0.717, 1.165) is 10.2 Å². The van der Waals surface area contributed by atoms with E-state index in [2.05, 4.69) is 10.3 Å². The van der Waals surface area contributed by atoms with Crippen molar-refractivity contribution in [3.63, 3.8) is 0 Å². The second-order valence-corrected chi connectivity index (χ2v) is 9.78. The van der Waals surface area contributed by atoms with E-state index in [1.165, 1.54) is 11.3 Å². The van der Waals surface area contributed by atoms with Crippen LogP contribution in [0.25, 0.3) is 10.2 Å². The Morgan fingerprint density at radius 1 is 1.16 bits per heavy atom. The van der Waals surface area contributed by atoms with Gasteiger partial charge >= 0.3 is 0 Å². The van der Waals surface area contributed by atoms with Gasteiger partial charge in [0.2, 0.25) is 17.5 Å². The Balaban J connectivity index is 1.32. The van der Waals surface area contributed by atoms with Crippen molar-refractivity contribution in [2.45, 2.75) is 31.4 Å². The molecule has 2 N–H and O–H groups in total. The monoisotopic (exact) mass is 553 g/mol. The summed E-state index contributed by atoms with van der Waals surface area (Å²) < 4.78 is 60.0. The summed E-state index contributed by atoms with van der Waals surface area (Å²) in [5, 5.41) is 13.3. The molecule has 1 saturated heterocycles. The average molecular weight is 554 g/mol. The number of likely N-dealkylation sites (tertiary alicyclic amines) is 1. The topological polar surface area (TPSA) is 109 Å². The summed E-state index contributed by atoms with van der Waals surface area (Å²) in [7, 11) is 0. The molecule has 1 aliphatic rings. The van der Waals surface area contributed by atoms with Crippen LogP contribution in [0.1, 0.15) is 29.1 Å². The second kappa shape index (κ2) is 11.9. The molecule has 0 spiro atoms. The van der Waals surface area contributed by atoms with Gasteiger partial charge in [-0.3, -0.25) is 9.59 Å². The lowest BCUT2D eigenvalue weighted by Crippen LogP contribution is -2.50. The Kier molecular flexibility index (Phi) is 8.57. The zero-order valence-electron chi connectivity index (χ0n) is 19.8. The van der Waals surface area contributed by atoms with Crippen LogP contribution < -0.4 is 10.1 Å². The number of fused-ring (bicyclic) bond motifs is 1. The number of nitrogens with one attached hydrogen (secondary N) is 1. The van der Waals surface area contributed by atoms with Gasteiger partial charge in [0.25, 0.3) is 5.91 Å². The number of benzene rings is 2. The van der Waals surface area contributed by atoms with Crippen LogP contribution in [-0.4, -0.2) is 64.9 Å². The number of aliphatic hydroxyl groups excluding tert-OH is 1. The van der Waals surface area contributed by atoms with Crippen molar-refractivity contribution in [3.8, 4) is 5.75 Å². The fourth-order valence-corrected chi connectivity index (χ4v) is 5.06. The zero-order valence-corrected chi connectivity index (χ0v) is 20.7. The summed E-state index contributed by atoms with van der Waals surface area (Å²) >= 11 is 1.29. The van der Waals surface area contributed by atoms with Crippen molar-refractivity contribution >= 4 is 39.7 Å². The highest BCUT2D eigenvalue weighted by Crippen LogP contribution is 2.27. The Bertz CT molecular complexity index is 1290. The van der Waals surface area contributed by atoms with E-state index in [9.17, 15) is 37.1 Å². The molecule has 0 radical (unpaired) electrons. The number of halogens is 4. The third-order valence-corrected chi connectivity index (χ3v) is 7.27. The van der Waals surface area contributed by atoms with Gasteiger partial charge in [0.1, 0.15) is 19.0 Å². The van der Waals surface area contributed by atoms with E-state index >= 15 is 0 Å². The molecule has 0 saturated carbocycles. The van der Waals surface area contributed by atoms with E-state index in [4.69, 9.17) is 4.74 Å². The largest absolute Gasteiger partial charge is 0.485 e. The van der Waals surface area contributed by atoms with Crippen LogP contribution in [-0.2, 0) is 9.59 Å². The Morgan fingerprint density at radius 3 is 2.45 bits per heavy atom. The number of aromatic nitrogens is 1. The number of carbonyl (C=O) groups is 3. The summed E-state index contributed by atoms with van der Waals surface area (Å²) in [4.78, 5) is 42.7. The van der Waals surface area contributed by atoms with E-state index in [0.29, 0.717) is 37.2 Å². The smallest absolute Gasteiger partial charge is 0.282 e. The number of thiazole rings is 1. The molecule has 1 fully saturated rings. The van der Waals surface area contributed by atoms with Crippen molar-refractivity contribution in [1.82, 2.24) is 15.2 Å². The van der Waals surface area contributed by atoms with Gasteiger partial charge in [0.05, 0.1) is 16.3 Å². The number of piperidine rings is 1. The number of carbonyl (C=O) groups excluding carboxylic acids is 3. The van der Waals surface area contributed by atoms with E-state index in [1.807, 2.05) is 24.3 Å². The second-order valence-electron chi connectivity index (χ2n) is 8.75. The van der Waals surface area contributed by atoms with Gasteiger partial charge < -0.3 is 24.9 Å². The summed E-state index contributed by atoms with van der Waals surface area (Å²) in [6, 6.07) is 6.21. The van der Waals surface area contributed by atoms with Crippen LogP contribution in [0, 0.1) is 29.2 Å². The molecule has 3 aromatic rings. The lowest BCUT2D eigenvalue weighted by atomic mass is 9.95. The van der Waals surface area contributed by atoms with Gasteiger partial charge in [-0.2, -0.15) is 8.78 Å².